The van der Waals surface area contributed by atoms with Crippen molar-refractivity contribution in [3.63, 3.8) is 0 Å². The highest BCUT2D eigenvalue weighted by Gasteiger charge is 2.24. The summed E-state index contributed by atoms with van der Waals surface area (Å²) in [6.07, 6.45) is 0.498. The highest BCUT2D eigenvalue weighted by atomic mass is 32.2. The Kier molecular flexibility index (Phi) is 7.57. The minimum Gasteiger partial charge on any atom is -0.495 e. The lowest BCUT2D eigenvalue weighted by molar-refractivity contribution is -0.114. The third-order valence-electron chi connectivity index (χ3n) is 4.78. The van der Waals surface area contributed by atoms with Crippen molar-refractivity contribution in [2.24, 2.45) is 0 Å². The van der Waals surface area contributed by atoms with E-state index in [4.69, 9.17) is 14.0 Å². The summed E-state index contributed by atoms with van der Waals surface area (Å²) in [7, 11) is -2.74. The van der Waals surface area contributed by atoms with E-state index in [-0.39, 0.29) is 34.7 Å². The number of rotatable bonds is 9. The number of anilines is 2. The predicted molar refractivity (Wildman–Crippen MR) is 125 cm³/mol. The zero-order valence-electron chi connectivity index (χ0n) is 19.2. The van der Waals surface area contributed by atoms with E-state index in [1.54, 1.807) is 13.0 Å². The van der Waals surface area contributed by atoms with Gasteiger partial charge in [-0.05, 0) is 55.3 Å². The van der Waals surface area contributed by atoms with Crippen LogP contribution in [0.3, 0.4) is 0 Å². The highest BCUT2D eigenvalue weighted by Crippen LogP contribution is 2.36. The van der Waals surface area contributed by atoms with Crippen LogP contribution >= 0.6 is 0 Å². The summed E-state index contributed by atoms with van der Waals surface area (Å²) in [6, 6.07) is 10.4. The maximum Gasteiger partial charge on any atom is 0.338 e. The molecule has 0 aliphatic heterocycles. The SMILES string of the molecule is CCOC(=O)c1ccc(NS(=O)(=O)c2cc(-c3c(CC)noc3NC(C)=O)ccc2OC)cc1. The van der Waals surface area contributed by atoms with Crippen molar-refractivity contribution >= 4 is 33.5 Å². The smallest absolute Gasteiger partial charge is 0.338 e. The summed E-state index contributed by atoms with van der Waals surface area (Å²) in [5, 5.41) is 6.55. The number of sulfonamides is 1. The molecule has 0 saturated carbocycles. The van der Waals surface area contributed by atoms with Crippen molar-refractivity contribution in [1.29, 1.82) is 0 Å². The molecule has 2 aromatic carbocycles. The number of carbonyl (C=O) groups is 2. The second kappa shape index (κ2) is 10.4. The van der Waals surface area contributed by atoms with Gasteiger partial charge in [0, 0.05) is 12.6 Å². The normalized spacial score (nSPS) is 11.1. The number of nitrogens with zero attached hydrogens (tertiary/aromatic N) is 1. The number of esters is 1. The Hall–Kier alpha value is -3.86. The zero-order chi connectivity index (χ0) is 24.9. The fourth-order valence-corrected chi connectivity index (χ4v) is 4.50. The van der Waals surface area contributed by atoms with Crippen molar-refractivity contribution in [3.05, 3.63) is 53.7 Å². The van der Waals surface area contributed by atoms with Crippen LogP contribution in [0.2, 0.25) is 0 Å². The van der Waals surface area contributed by atoms with Gasteiger partial charge in [0.05, 0.1) is 30.5 Å². The number of hydrogen-bond acceptors (Lipinski definition) is 8. The maximum absolute atomic E-state index is 13.3. The summed E-state index contributed by atoms with van der Waals surface area (Å²) in [5.41, 5.74) is 2.06. The molecular formula is C23H25N3O7S. The van der Waals surface area contributed by atoms with Crippen LogP contribution < -0.4 is 14.8 Å². The molecule has 0 saturated heterocycles. The average Bonchev–Trinajstić information content (AvgIpc) is 3.20. The summed E-state index contributed by atoms with van der Waals surface area (Å²) in [5.74, 6) is -0.605. The topological polar surface area (TPSA) is 137 Å². The zero-order valence-corrected chi connectivity index (χ0v) is 20.0. The molecule has 1 amide bonds. The quantitative estimate of drug-likeness (QED) is 0.434. The lowest BCUT2D eigenvalue weighted by atomic mass is 10.0. The van der Waals surface area contributed by atoms with Gasteiger partial charge in [-0.15, -0.1) is 0 Å². The second-order valence-corrected chi connectivity index (χ2v) is 8.79. The molecule has 11 heteroatoms. The van der Waals surface area contributed by atoms with E-state index in [1.165, 1.54) is 50.4 Å². The van der Waals surface area contributed by atoms with Gasteiger partial charge in [0.15, 0.2) is 0 Å². The molecule has 1 heterocycles. The molecule has 10 nitrogen and oxygen atoms in total. The predicted octanol–water partition coefficient (Wildman–Crippen LogP) is 3.85. The Bertz CT molecular complexity index is 1300. The summed E-state index contributed by atoms with van der Waals surface area (Å²) in [6.45, 7) is 5.13. The van der Waals surface area contributed by atoms with Crippen LogP contribution in [0.5, 0.6) is 5.75 Å². The Morgan fingerprint density at radius 2 is 1.79 bits per heavy atom. The van der Waals surface area contributed by atoms with Crippen LogP contribution in [0.15, 0.2) is 51.9 Å². The van der Waals surface area contributed by atoms with Gasteiger partial charge in [-0.3, -0.25) is 14.8 Å². The van der Waals surface area contributed by atoms with Gasteiger partial charge in [-0.25, -0.2) is 13.2 Å². The van der Waals surface area contributed by atoms with Crippen LogP contribution in [0.1, 0.15) is 36.8 Å². The fraction of sp³-hybridized carbons (Fsp3) is 0.261. The monoisotopic (exact) mass is 487 g/mol. The van der Waals surface area contributed by atoms with Crippen molar-refractivity contribution in [2.45, 2.75) is 32.1 Å². The van der Waals surface area contributed by atoms with Gasteiger partial charge < -0.3 is 14.0 Å². The molecule has 3 rings (SSSR count). The van der Waals surface area contributed by atoms with E-state index >= 15 is 0 Å². The fourth-order valence-electron chi connectivity index (χ4n) is 3.25. The third kappa shape index (κ3) is 5.37. The molecule has 2 N–H and O–H groups in total. The Morgan fingerprint density at radius 3 is 2.38 bits per heavy atom. The van der Waals surface area contributed by atoms with Gasteiger partial charge in [-0.2, -0.15) is 0 Å². The highest BCUT2D eigenvalue weighted by molar-refractivity contribution is 7.92. The van der Waals surface area contributed by atoms with Gasteiger partial charge in [-0.1, -0.05) is 18.1 Å². The lowest BCUT2D eigenvalue weighted by Gasteiger charge is -2.14. The number of methoxy groups -OCH3 is 1. The molecule has 0 bridgehead atoms. The van der Waals surface area contributed by atoms with Crippen LogP contribution in [-0.4, -0.2) is 39.2 Å². The van der Waals surface area contributed by atoms with Crippen molar-refractivity contribution in [2.75, 3.05) is 23.8 Å². The molecule has 0 spiro atoms. The van der Waals surface area contributed by atoms with E-state index in [0.717, 1.165) is 0 Å². The van der Waals surface area contributed by atoms with Crippen molar-refractivity contribution < 1.29 is 32.0 Å². The first-order valence-electron chi connectivity index (χ1n) is 10.4. The molecule has 0 aliphatic rings. The van der Waals surface area contributed by atoms with Crippen molar-refractivity contribution in [1.82, 2.24) is 5.16 Å². The van der Waals surface area contributed by atoms with Crippen LogP contribution in [0, 0.1) is 0 Å². The molecule has 0 radical (unpaired) electrons. The summed E-state index contributed by atoms with van der Waals surface area (Å²) in [4.78, 5) is 23.3. The van der Waals surface area contributed by atoms with E-state index in [0.29, 0.717) is 28.8 Å². The molecule has 0 unspecified atom stereocenters. The van der Waals surface area contributed by atoms with Crippen LogP contribution in [-0.2, 0) is 26.0 Å². The molecule has 0 fully saturated rings. The van der Waals surface area contributed by atoms with E-state index in [2.05, 4.69) is 15.2 Å². The molecule has 3 aromatic rings. The Morgan fingerprint density at radius 1 is 1.09 bits per heavy atom. The standard InChI is InChI=1S/C23H25N3O7S/c1-5-18-21(22(33-25-18)24-14(3)27)16-9-12-19(31-4)20(13-16)34(29,30)26-17-10-7-15(8-11-17)23(28)32-6-2/h7-13,26H,5-6H2,1-4H3,(H,24,27). The number of nitrogens with one attached hydrogen (secondary N) is 2. The van der Waals surface area contributed by atoms with Crippen molar-refractivity contribution in [3.8, 4) is 16.9 Å². The van der Waals surface area contributed by atoms with Crippen LogP contribution in [0.4, 0.5) is 11.6 Å². The number of aromatic nitrogens is 1. The molecular weight excluding hydrogens is 462 g/mol. The Balaban J connectivity index is 2.00. The second-order valence-electron chi connectivity index (χ2n) is 7.14. The molecule has 180 valence electrons. The van der Waals surface area contributed by atoms with E-state index < -0.39 is 16.0 Å². The number of aryl methyl sites for hydroxylation is 1. The van der Waals surface area contributed by atoms with E-state index in [1.807, 2.05) is 6.92 Å². The first kappa shape index (κ1) is 24.8. The first-order chi connectivity index (χ1) is 16.2. The molecule has 0 aliphatic carbocycles. The molecule has 1 aromatic heterocycles. The van der Waals surface area contributed by atoms with Crippen LogP contribution in [0.25, 0.3) is 11.1 Å². The number of hydrogen-bond donors (Lipinski definition) is 2. The van der Waals surface area contributed by atoms with Gasteiger partial charge in [0.25, 0.3) is 10.0 Å². The van der Waals surface area contributed by atoms with Gasteiger partial charge in [0.2, 0.25) is 11.8 Å². The third-order valence-corrected chi connectivity index (χ3v) is 6.18. The van der Waals surface area contributed by atoms with Gasteiger partial charge >= 0.3 is 5.97 Å². The molecule has 34 heavy (non-hydrogen) atoms. The molecule has 0 atom stereocenters. The maximum atomic E-state index is 13.3. The minimum absolute atomic E-state index is 0.120. The summed E-state index contributed by atoms with van der Waals surface area (Å²) >= 11 is 0. The summed E-state index contributed by atoms with van der Waals surface area (Å²) < 4.78 is 44.5. The average molecular weight is 488 g/mol. The minimum atomic E-state index is -4.10. The number of benzene rings is 2. The largest absolute Gasteiger partial charge is 0.495 e. The van der Waals surface area contributed by atoms with E-state index in [9.17, 15) is 18.0 Å². The Labute approximate surface area is 197 Å². The number of ether oxygens (including phenoxy) is 2. The number of amides is 1. The van der Waals surface area contributed by atoms with Gasteiger partial charge in [0.1, 0.15) is 10.6 Å². The number of carbonyl (C=O) groups excluding carboxylic acids is 2. The lowest BCUT2D eigenvalue weighted by Crippen LogP contribution is -2.14. The first-order valence-corrected chi connectivity index (χ1v) is 11.9.